The second-order valence-corrected chi connectivity index (χ2v) is 9.82. The largest absolute Gasteiger partial charge is 0.494 e. The van der Waals surface area contributed by atoms with Crippen LogP contribution in [0.2, 0.25) is 0 Å². The molecule has 1 N–H and O–H groups in total. The summed E-state index contributed by atoms with van der Waals surface area (Å²) < 4.78 is 18.0. The van der Waals surface area contributed by atoms with Crippen molar-refractivity contribution < 1.29 is 23.9 Å². The molecule has 3 unspecified atom stereocenters. The van der Waals surface area contributed by atoms with Crippen molar-refractivity contribution in [2.24, 2.45) is 0 Å². The van der Waals surface area contributed by atoms with Gasteiger partial charge in [0.1, 0.15) is 5.60 Å². The lowest BCUT2D eigenvalue weighted by Gasteiger charge is -2.41. The first kappa shape index (κ1) is 20.7. The molecular weight excluding hydrogens is 369 g/mol. The fourth-order valence-corrected chi connectivity index (χ4v) is 4.54. The van der Waals surface area contributed by atoms with Gasteiger partial charge in [-0.2, -0.15) is 0 Å². The summed E-state index contributed by atoms with van der Waals surface area (Å²) in [6.07, 6.45) is 2.16. The second-order valence-electron chi connectivity index (χ2n) is 9.82. The van der Waals surface area contributed by atoms with E-state index < -0.39 is 12.7 Å². The van der Waals surface area contributed by atoms with Crippen molar-refractivity contribution in [3.8, 4) is 0 Å². The van der Waals surface area contributed by atoms with E-state index in [-0.39, 0.29) is 29.4 Å². The Balaban J connectivity index is 1.43. The third-order valence-electron chi connectivity index (χ3n) is 7.30. The van der Waals surface area contributed by atoms with Crippen LogP contribution in [0, 0.1) is 0 Å². The van der Waals surface area contributed by atoms with E-state index in [4.69, 9.17) is 14.0 Å². The highest BCUT2D eigenvalue weighted by molar-refractivity contribution is 6.62. The van der Waals surface area contributed by atoms with Gasteiger partial charge in [-0.1, -0.05) is 24.3 Å². The summed E-state index contributed by atoms with van der Waals surface area (Å²) in [5.41, 5.74) is 0.813. The zero-order valence-corrected chi connectivity index (χ0v) is 18.1. The molecule has 29 heavy (non-hydrogen) atoms. The molecule has 1 spiro atoms. The summed E-state index contributed by atoms with van der Waals surface area (Å²) >= 11 is 0. The summed E-state index contributed by atoms with van der Waals surface area (Å²) in [6, 6.07) is 8.00. The van der Waals surface area contributed by atoms with Crippen LogP contribution in [0.5, 0.6) is 0 Å². The highest BCUT2D eigenvalue weighted by Crippen LogP contribution is 2.41. The minimum atomic E-state index is -0.465. The minimum absolute atomic E-state index is 0.0847. The van der Waals surface area contributed by atoms with E-state index in [9.17, 15) is 9.90 Å². The molecule has 1 aliphatic carbocycles. The average molecular weight is 401 g/mol. The van der Waals surface area contributed by atoms with Gasteiger partial charge in [0, 0.05) is 19.4 Å². The fraction of sp³-hybridized carbons (Fsp3) is 0.682. The Morgan fingerprint density at radius 3 is 2.24 bits per heavy atom. The van der Waals surface area contributed by atoms with Crippen LogP contribution < -0.4 is 5.46 Å². The first-order chi connectivity index (χ1) is 13.5. The van der Waals surface area contributed by atoms with E-state index in [1.54, 1.807) is 4.90 Å². The van der Waals surface area contributed by atoms with Gasteiger partial charge in [0.05, 0.1) is 23.3 Å². The topological polar surface area (TPSA) is 68.2 Å². The molecule has 1 amide bonds. The fourth-order valence-electron chi connectivity index (χ4n) is 4.54. The number of carbonyl (C=O) groups is 1. The molecule has 1 saturated carbocycles. The molecule has 1 aromatic carbocycles. The zero-order chi connectivity index (χ0) is 21.0. The lowest BCUT2D eigenvalue weighted by Crippen LogP contribution is -2.49. The lowest BCUT2D eigenvalue weighted by atomic mass is 9.78. The number of aliphatic hydroxyl groups is 1. The number of hydrogen-bond donors (Lipinski definition) is 1. The second kappa shape index (κ2) is 7.00. The molecule has 0 aromatic heterocycles. The van der Waals surface area contributed by atoms with Crippen molar-refractivity contribution in [1.82, 2.24) is 4.90 Å². The third-order valence-corrected chi connectivity index (χ3v) is 7.30. The summed E-state index contributed by atoms with van der Waals surface area (Å²) in [6.45, 7) is 10.8. The molecular formula is C22H32BNO5. The van der Waals surface area contributed by atoms with Gasteiger partial charge in [0.2, 0.25) is 0 Å². The van der Waals surface area contributed by atoms with Gasteiger partial charge in [-0.15, -0.1) is 0 Å². The summed E-state index contributed by atoms with van der Waals surface area (Å²) in [5, 5.41) is 9.84. The van der Waals surface area contributed by atoms with Crippen LogP contribution in [0.3, 0.4) is 0 Å². The van der Waals surface area contributed by atoms with Crippen LogP contribution in [-0.2, 0) is 14.0 Å². The lowest BCUT2D eigenvalue weighted by molar-refractivity contribution is -0.0572. The van der Waals surface area contributed by atoms with Gasteiger partial charge in [-0.3, -0.25) is 0 Å². The Labute approximate surface area is 173 Å². The van der Waals surface area contributed by atoms with Crippen molar-refractivity contribution in [3.05, 3.63) is 29.8 Å². The molecule has 2 saturated heterocycles. The quantitative estimate of drug-likeness (QED) is 0.789. The van der Waals surface area contributed by atoms with Gasteiger partial charge in [-0.25, -0.2) is 4.79 Å². The maximum atomic E-state index is 12.7. The molecule has 4 rings (SSSR count). The van der Waals surface area contributed by atoms with Crippen molar-refractivity contribution in [2.45, 2.75) is 89.3 Å². The zero-order valence-electron chi connectivity index (χ0n) is 18.1. The molecule has 7 heteroatoms. The smallest absolute Gasteiger partial charge is 0.443 e. The predicted octanol–water partition coefficient (Wildman–Crippen LogP) is 3.17. The maximum Gasteiger partial charge on any atom is 0.494 e. The molecule has 0 radical (unpaired) electrons. The molecule has 1 aromatic rings. The molecule has 6 nitrogen and oxygen atoms in total. The summed E-state index contributed by atoms with van der Waals surface area (Å²) in [4.78, 5) is 14.5. The van der Waals surface area contributed by atoms with Gasteiger partial charge >= 0.3 is 13.2 Å². The molecule has 158 valence electrons. The SMILES string of the molecule is CC(c1ccc(B2OC(C)(C)C(C)(C)O2)cc1)N1CCC2(CCC(O)C2)OC1=O. The van der Waals surface area contributed by atoms with Crippen molar-refractivity contribution >= 4 is 18.7 Å². The monoisotopic (exact) mass is 401 g/mol. The summed E-state index contributed by atoms with van der Waals surface area (Å²) in [7, 11) is -0.391. The molecule has 3 fully saturated rings. The summed E-state index contributed by atoms with van der Waals surface area (Å²) in [5.74, 6) is 0. The van der Waals surface area contributed by atoms with E-state index in [1.807, 2.05) is 58.9 Å². The Hall–Kier alpha value is -1.57. The Morgan fingerprint density at radius 2 is 1.72 bits per heavy atom. The van der Waals surface area contributed by atoms with Crippen LogP contribution in [0.25, 0.3) is 0 Å². The Bertz CT molecular complexity index is 764. The highest BCUT2D eigenvalue weighted by atomic mass is 16.7. The first-order valence-corrected chi connectivity index (χ1v) is 10.7. The van der Waals surface area contributed by atoms with E-state index in [2.05, 4.69) is 0 Å². The van der Waals surface area contributed by atoms with Crippen molar-refractivity contribution in [2.75, 3.05) is 6.54 Å². The van der Waals surface area contributed by atoms with Crippen LogP contribution in [0.15, 0.2) is 24.3 Å². The number of nitrogens with zero attached hydrogens (tertiary/aromatic N) is 1. The van der Waals surface area contributed by atoms with Gasteiger partial charge in [0.15, 0.2) is 0 Å². The molecule has 3 aliphatic rings. The van der Waals surface area contributed by atoms with Crippen LogP contribution in [-0.4, -0.2) is 52.7 Å². The minimum Gasteiger partial charge on any atom is -0.443 e. The molecule has 2 heterocycles. The number of ether oxygens (including phenoxy) is 1. The van der Waals surface area contributed by atoms with Crippen LogP contribution >= 0.6 is 0 Å². The highest BCUT2D eigenvalue weighted by Gasteiger charge is 2.52. The molecule has 2 aliphatic heterocycles. The maximum absolute atomic E-state index is 12.7. The number of hydrogen-bond acceptors (Lipinski definition) is 5. The molecule has 3 atom stereocenters. The first-order valence-electron chi connectivity index (χ1n) is 10.7. The number of benzene rings is 1. The molecule has 0 bridgehead atoms. The number of aliphatic hydroxyl groups excluding tert-OH is 1. The Kier molecular flexibility index (Phi) is 4.99. The van der Waals surface area contributed by atoms with Gasteiger partial charge in [0.25, 0.3) is 0 Å². The standard InChI is InChI=1S/C22H32BNO5/c1-15(24-13-12-22(27-19(24)26)11-10-18(25)14-22)16-6-8-17(9-7-16)23-28-20(2,3)21(4,5)29-23/h6-9,15,18,25H,10-14H2,1-5H3. The van der Waals surface area contributed by atoms with E-state index in [0.29, 0.717) is 19.4 Å². The van der Waals surface area contributed by atoms with Crippen LogP contribution in [0.4, 0.5) is 4.79 Å². The van der Waals surface area contributed by atoms with Crippen LogP contribution in [0.1, 0.15) is 71.9 Å². The van der Waals surface area contributed by atoms with E-state index in [1.165, 1.54) is 0 Å². The number of rotatable bonds is 3. The van der Waals surface area contributed by atoms with Crippen molar-refractivity contribution in [1.29, 1.82) is 0 Å². The predicted molar refractivity (Wildman–Crippen MR) is 111 cm³/mol. The number of carbonyl (C=O) groups excluding carboxylic acids is 1. The van der Waals surface area contributed by atoms with E-state index in [0.717, 1.165) is 23.9 Å². The van der Waals surface area contributed by atoms with Crippen molar-refractivity contribution in [3.63, 3.8) is 0 Å². The Morgan fingerprint density at radius 1 is 1.10 bits per heavy atom. The number of amides is 1. The third kappa shape index (κ3) is 3.69. The van der Waals surface area contributed by atoms with Gasteiger partial charge < -0.3 is 24.1 Å². The van der Waals surface area contributed by atoms with E-state index >= 15 is 0 Å². The van der Waals surface area contributed by atoms with Gasteiger partial charge in [-0.05, 0) is 58.5 Å². The normalized spacial score (nSPS) is 31.9. The average Bonchev–Trinajstić information content (AvgIpc) is 3.10.